The van der Waals surface area contributed by atoms with E-state index in [-0.39, 0.29) is 12.1 Å². The maximum absolute atomic E-state index is 12.0. The van der Waals surface area contributed by atoms with Crippen molar-refractivity contribution < 1.29 is 13.9 Å². The highest BCUT2D eigenvalue weighted by atomic mass is 16.5. The summed E-state index contributed by atoms with van der Waals surface area (Å²) in [6.45, 7) is 5.51. The number of furan rings is 1. The van der Waals surface area contributed by atoms with Crippen LogP contribution in [0.1, 0.15) is 52.0 Å². The van der Waals surface area contributed by atoms with Crippen LogP contribution in [0.4, 0.5) is 0 Å². The van der Waals surface area contributed by atoms with Crippen molar-refractivity contribution in [2.75, 3.05) is 0 Å². The molecule has 0 amide bonds. The Morgan fingerprint density at radius 3 is 2.81 bits per heavy atom. The summed E-state index contributed by atoms with van der Waals surface area (Å²) < 4.78 is 10.6. The van der Waals surface area contributed by atoms with Gasteiger partial charge >= 0.3 is 5.97 Å². The average molecular weight is 289 g/mol. The van der Waals surface area contributed by atoms with Crippen molar-refractivity contribution in [1.82, 2.24) is 0 Å². The highest BCUT2D eigenvalue weighted by Gasteiger charge is 2.25. The molecule has 0 fully saturated rings. The summed E-state index contributed by atoms with van der Waals surface area (Å²) >= 11 is 0. The quantitative estimate of drug-likeness (QED) is 0.553. The summed E-state index contributed by atoms with van der Waals surface area (Å²) in [5.74, 6) is -0.218. The molecule has 4 heteroatoms. The smallest absolute Gasteiger partial charge is 0.311 e. The van der Waals surface area contributed by atoms with E-state index < -0.39 is 5.41 Å². The normalized spacial score (nSPS) is 13.0. The number of nitriles is 1. The molecule has 0 saturated carbocycles. The average Bonchev–Trinajstić information content (AvgIpc) is 2.92. The van der Waals surface area contributed by atoms with Gasteiger partial charge in [0, 0.05) is 12.0 Å². The van der Waals surface area contributed by atoms with Crippen molar-refractivity contribution in [1.29, 1.82) is 5.26 Å². The van der Waals surface area contributed by atoms with Gasteiger partial charge in [-0.15, -0.1) is 0 Å². The summed E-state index contributed by atoms with van der Waals surface area (Å²) in [5.41, 5.74) is 0.415. The third-order valence-electron chi connectivity index (χ3n) is 2.94. The zero-order valence-electron chi connectivity index (χ0n) is 13.0. The second kappa shape index (κ2) is 8.31. The highest BCUT2D eigenvalue weighted by molar-refractivity contribution is 5.75. The molecule has 0 N–H and O–H groups in total. The first kappa shape index (κ1) is 17.0. The van der Waals surface area contributed by atoms with E-state index in [2.05, 4.69) is 6.07 Å². The van der Waals surface area contributed by atoms with Gasteiger partial charge in [0.15, 0.2) is 0 Å². The maximum atomic E-state index is 12.0. The van der Waals surface area contributed by atoms with Gasteiger partial charge < -0.3 is 9.15 Å². The fourth-order valence-corrected chi connectivity index (χ4v) is 1.65. The van der Waals surface area contributed by atoms with Crippen molar-refractivity contribution in [2.24, 2.45) is 5.41 Å². The minimum atomic E-state index is -0.519. The minimum absolute atomic E-state index is 0.218. The Kier molecular flexibility index (Phi) is 6.74. The van der Waals surface area contributed by atoms with Crippen LogP contribution in [0.3, 0.4) is 0 Å². The zero-order chi connectivity index (χ0) is 15.7. The maximum Gasteiger partial charge on any atom is 0.311 e. The third-order valence-corrected chi connectivity index (χ3v) is 2.94. The molecule has 0 spiro atoms. The van der Waals surface area contributed by atoms with E-state index in [0.29, 0.717) is 6.42 Å². The van der Waals surface area contributed by atoms with Crippen LogP contribution in [0.5, 0.6) is 0 Å². The van der Waals surface area contributed by atoms with Crippen LogP contribution in [-0.2, 0) is 9.53 Å². The van der Waals surface area contributed by atoms with E-state index in [4.69, 9.17) is 14.4 Å². The number of ether oxygens (including phenoxy) is 1. The molecule has 0 aliphatic heterocycles. The second-order valence-electron chi connectivity index (χ2n) is 6.01. The lowest BCUT2D eigenvalue weighted by Crippen LogP contribution is -2.27. The molecule has 0 unspecified atom stereocenters. The van der Waals surface area contributed by atoms with E-state index in [1.807, 2.05) is 39.0 Å². The number of nitrogens with zero attached hydrogens (tertiary/aromatic N) is 1. The molecule has 1 aromatic heterocycles. The van der Waals surface area contributed by atoms with Crippen molar-refractivity contribution in [3.05, 3.63) is 30.2 Å². The van der Waals surface area contributed by atoms with Crippen molar-refractivity contribution in [3.63, 3.8) is 0 Å². The second-order valence-corrected chi connectivity index (χ2v) is 6.01. The van der Waals surface area contributed by atoms with Crippen molar-refractivity contribution in [2.45, 2.75) is 52.6 Å². The molecule has 0 aliphatic carbocycles. The molecule has 0 aliphatic rings. The fourth-order valence-electron chi connectivity index (χ4n) is 1.65. The van der Waals surface area contributed by atoms with Gasteiger partial charge in [-0.3, -0.25) is 4.79 Å². The Morgan fingerprint density at radius 1 is 1.48 bits per heavy atom. The van der Waals surface area contributed by atoms with E-state index in [1.165, 1.54) is 0 Å². The van der Waals surface area contributed by atoms with Crippen LogP contribution >= 0.6 is 0 Å². The summed E-state index contributed by atoms with van der Waals surface area (Å²) in [5, 5.41) is 8.55. The molecular formula is C17H23NO3. The molecular weight excluding hydrogens is 266 g/mol. The van der Waals surface area contributed by atoms with Crippen LogP contribution < -0.4 is 0 Å². The first-order valence-corrected chi connectivity index (χ1v) is 7.22. The largest absolute Gasteiger partial charge is 0.472 e. The molecule has 114 valence electrons. The van der Waals surface area contributed by atoms with Gasteiger partial charge in [0.05, 0.1) is 24.0 Å². The van der Waals surface area contributed by atoms with E-state index in [0.717, 1.165) is 24.8 Å². The highest BCUT2D eigenvalue weighted by Crippen LogP contribution is 2.19. The summed E-state index contributed by atoms with van der Waals surface area (Å²) in [4.78, 5) is 12.0. The van der Waals surface area contributed by atoms with Crippen molar-refractivity contribution in [3.8, 4) is 6.07 Å². The predicted octanol–water partition coefficient (Wildman–Crippen LogP) is 4.33. The summed E-state index contributed by atoms with van der Waals surface area (Å²) in [7, 11) is 0. The Hall–Kier alpha value is -2.02. The number of rotatable bonds is 7. The van der Waals surface area contributed by atoms with E-state index in [9.17, 15) is 4.79 Å². The monoisotopic (exact) mass is 289 g/mol. The molecule has 1 heterocycles. The lowest BCUT2D eigenvalue weighted by molar-refractivity contribution is -0.156. The number of carbonyl (C=O) groups excluding carboxylic acids is 1. The van der Waals surface area contributed by atoms with E-state index >= 15 is 0 Å². The molecule has 0 radical (unpaired) electrons. The summed E-state index contributed by atoms with van der Waals surface area (Å²) in [6, 6.07) is 3.96. The molecule has 1 rings (SSSR count). The van der Waals surface area contributed by atoms with Gasteiger partial charge in [-0.05, 0) is 52.2 Å². The lowest BCUT2D eigenvalue weighted by Gasteiger charge is -2.21. The number of unbranched alkanes of at least 4 members (excludes halogenated alkanes) is 2. The molecule has 0 saturated heterocycles. The van der Waals surface area contributed by atoms with E-state index in [1.54, 1.807) is 12.5 Å². The van der Waals surface area contributed by atoms with Gasteiger partial charge in [0.2, 0.25) is 0 Å². The molecule has 0 bridgehead atoms. The van der Waals surface area contributed by atoms with Gasteiger partial charge in [0.1, 0.15) is 6.10 Å². The molecule has 0 aromatic carbocycles. The third kappa shape index (κ3) is 6.80. The van der Waals surface area contributed by atoms with Crippen LogP contribution in [-0.4, -0.2) is 12.1 Å². The number of hydrogen-bond acceptors (Lipinski definition) is 4. The Labute approximate surface area is 126 Å². The van der Waals surface area contributed by atoms with Crippen LogP contribution in [0.2, 0.25) is 0 Å². The van der Waals surface area contributed by atoms with Crippen LogP contribution in [0.25, 0.3) is 6.08 Å². The molecule has 1 aromatic rings. The zero-order valence-corrected chi connectivity index (χ0v) is 13.0. The number of carbonyl (C=O) groups is 1. The SMILES string of the molecule is CC(C)(C)C(=O)O[C@@H](/C=C/c1ccoc1)CCCCC#N. The van der Waals surface area contributed by atoms with Gasteiger partial charge in [-0.1, -0.05) is 6.08 Å². The van der Waals surface area contributed by atoms with Gasteiger partial charge in [0.25, 0.3) is 0 Å². The number of esters is 1. The molecule has 21 heavy (non-hydrogen) atoms. The predicted molar refractivity (Wildman–Crippen MR) is 81.2 cm³/mol. The number of hydrogen-bond donors (Lipinski definition) is 0. The van der Waals surface area contributed by atoms with Crippen LogP contribution in [0, 0.1) is 16.7 Å². The molecule has 1 atom stereocenters. The molecule has 4 nitrogen and oxygen atoms in total. The Bertz CT molecular complexity index is 489. The topological polar surface area (TPSA) is 63.2 Å². The first-order valence-electron chi connectivity index (χ1n) is 7.22. The lowest BCUT2D eigenvalue weighted by atomic mass is 9.97. The summed E-state index contributed by atoms with van der Waals surface area (Å²) in [6.07, 6.45) is 9.64. The fraction of sp³-hybridized carbons (Fsp3) is 0.529. The van der Waals surface area contributed by atoms with Crippen LogP contribution in [0.15, 0.2) is 29.1 Å². The first-order chi connectivity index (χ1) is 9.93. The standard InChI is InChI=1S/C17H23NO3/c1-17(2,3)16(19)21-15(7-5-4-6-11-18)9-8-14-10-12-20-13-14/h8-10,12-13,15H,4-7H2,1-3H3/b9-8+/t15-/m1/s1. The van der Waals surface area contributed by atoms with Crippen molar-refractivity contribution >= 4 is 12.0 Å². The Morgan fingerprint density at radius 2 is 2.24 bits per heavy atom. The minimum Gasteiger partial charge on any atom is -0.472 e. The van der Waals surface area contributed by atoms with Gasteiger partial charge in [-0.2, -0.15) is 5.26 Å². The Balaban J connectivity index is 2.61. The van der Waals surface area contributed by atoms with Gasteiger partial charge in [-0.25, -0.2) is 0 Å².